The molecule has 8 heteroatoms. The predicted octanol–water partition coefficient (Wildman–Crippen LogP) is 1.26. The second-order valence-corrected chi connectivity index (χ2v) is 6.47. The van der Waals surface area contributed by atoms with Crippen molar-refractivity contribution in [2.75, 3.05) is 22.7 Å². The maximum absolute atomic E-state index is 11.9. The number of urea groups is 1. The lowest BCUT2D eigenvalue weighted by atomic mass is 10.2. The summed E-state index contributed by atoms with van der Waals surface area (Å²) in [7, 11) is -3.72. The van der Waals surface area contributed by atoms with E-state index >= 15 is 0 Å². The van der Waals surface area contributed by atoms with Gasteiger partial charge in [-0.05, 0) is 30.7 Å². The number of hydrogen-bond acceptors (Lipinski definition) is 4. The summed E-state index contributed by atoms with van der Waals surface area (Å²) >= 11 is 0. The molecule has 1 aliphatic rings. The molecule has 112 valence electrons. The van der Waals surface area contributed by atoms with Crippen LogP contribution in [0.15, 0.2) is 24.3 Å². The zero-order valence-corrected chi connectivity index (χ0v) is 12.4. The molecule has 2 amide bonds. The van der Waals surface area contributed by atoms with E-state index in [0.29, 0.717) is 24.5 Å². The van der Waals surface area contributed by atoms with Gasteiger partial charge in [0.15, 0.2) is 5.25 Å². The number of hydrogen-bond donors (Lipinski definition) is 2. The summed E-state index contributed by atoms with van der Waals surface area (Å²) < 4.78 is 26.3. The molecule has 0 spiro atoms. The second kappa shape index (κ2) is 6.01. The van der Waals surface area contributed by atoms with Crippen molar-refractivity contribution in [3.8, 4) is 6.07 Å². The van der Waals surface area contributed by atoms with Gasteiger partial charge in [0.05, 0.1) is 6.07 Å². The van der Waals surface area contributed by atoms with Crippen LogP contribution in [0.25, 0.3) is 0 Å². The molecular formula is C13H16N4O3S. The fourth-order valence-electron chi connectivity index (χ4n) is 2.04. The number of amides is 2. The van der Waals surface area contributed by atoms with Gasteiger partial charge >= 0.3 is 6.03 Å². The van der Waals surface area contributed by atoms with Crippen LogP contribution in [0.1, 0.15) is 13.3 Å². The van der Waals surface area contributed by atoms with E-state index in [0.717, 1.165) is 0 Å². The molecule has 1 aromatic rings. The normalized spacial score (nSPS) is 16.2. The number of nitrogens with zero attached hydrogens (tertiary/aromatic N) is 2. The van der Waals surface area contributed by atoms with Crippen molar-refractivity contribution in [1.82, 2.24) is 5.32 Å². The van der Waals surface area contributed by atoms with Crippen LogP contribution in [-0.4, -0.2) is 32.8 Å². The van der Waals surface area contributed by atoms with E-state index in [9.17, 15) is 13.2 Å². The molecule has 21 heavy (non-hydrogen) atoms. The Morgan fingerprint density at radius 1 is 1.43 bits per heavy atom. The highest BCUT2D eigenvalue weighted by Gasteiger charge is 2.24. The Kier molecular flexibility index (Phi) is 4.33. The summed E-state index contributed by atoms with van der Waals surface area (Å²) in [5.74, 6) is 0. The van der Waals surface area contributed by atoms with Crippen LogP contribution in [0.5, 0.6) is 0 Å². The average Bonchev–Trinajstić information content (AvgIpc) is 2.86. The third kappa shape index (κ3) is 3.25. The van der Waals surface area contributed by atoms with Gasteiger partial charge in [-0.3, -0.25) is 9.62 Å². The van der Waals surface area contributed by atoms with E-state index in [2.05, 4.69) is 10.0 Å². The van der Waals surface area contributed by atoms with Gasteiger partial charge in [-0.1, -0.05) is 6.92 Å². The molecule has 0 radical (unpaired) electrons. The van der Waals surface area contributed by atoms with Crippen LogP contribution < -0.4 is 14.9 Å². The van der Waals surface area contributed by atoms with E-state index < -0.39 is 15.3 Å². The summed E-state index contributed by atoms with van der Waals surface area (Å²) in [5, 5.41) is 10.4. The first-order valence-corrected chi connectivity index (χ1v) is 8.09. The monoisotopic (exact) mass is 308 g/mol. The molecule has 0 bridgehead atoms. The van der Waals surface area contributed by atoms with E-state index in [-0.39, 0.29) is 12.5 Å². The van der Waals surface area contributed by atoms with Gasteiger partial charge in [-0.15, -0.1) is 0 Å². The maximum atomic E-state index is 11.9. The van der Waals surface area contributed by atoms with E-state index in [1.165, 1.54) is 0 Å². The van der Waals surface area contributed by atoms with Crippen LogP contribution in [0.4, 0.5) is 16.2 Å². The largest absolute Gasteiger partial charge is 0.336 e. The minimum absolute atomic E-state index is 0.168. The Balaban J connectivity index is 2.13. The molecule has 1 atom stereocenters. The van der Waals surface area contributed by atoms with Crippen LogP contribution in [0.3, 0.4) is 0 Å². The lowest BCUT2D eigenvalue weighted by Gasteiger charge is -2.15. The Morgan fingerprint density at radius 2 is 2.10 bits per heavy atom. The van der Waals surface area contributed by atoms with Crippen molar-refractivity contribution in [2.45, 2.75) is 18.6 Å². The van der Waals surface area contributed by atoms with Gasteiger partial charge in [-0.2, -0.15) is 5.26 Å². The van der Waals surface area contributed by atoms with Crippen molar-refractivity contribution in [1.29, 1.82) is 5.26 Å². The van der Waals surface area contributed by atoms with Crippen molar-refractivity contribution >= 4 is 27.4 Å². The fraction of sp³-hybridized carbons (Fsp3) is 0.385. The minimum atomic E-state index is -3.72. The molecule has 1 fully saturated rings. The molecule has 0 aliphatic carbocycles. The number of carbonyl (C=O) groups excluding carboxylic acids is 1. The van der Waals surface area contributed by atoms with Crippen LogP contribution in [0, 0.1) is 11.3 Å². The molecule has 1 aromatic carbocycles. The number of nitrogens with one attached hydrogen (secondary N) is 2. The lowest BCUT2D eigenvalue weighted by molar-refractivity contribution is 0.252. The van der Waals surface area contributed by atoms with Gasteiger partial charge < -0.3 is 5.32 Å². The zero-order valence-electron chi connectivity index (χ0n) is 11.5. The lowest BCUT2D eigenvalue weighted by Crippen LogP contribution is -2.28. The topological polar surface area (TPSA) is 102 Å². The van der Waals surface area contributed by atoms with Gasteiger partial charge in [0.2, 0.25) is 10.0 Å². The molecule has 1 saturated heterocycles. The average molecular weight is 308 g/mol. The van der Waals surface area contributed by atoms with Gasteiger partial charge in [0.1, 0.15) is 0 Å². The molecule has 1 heterocycles. The molecule has 1 unspecified atom stereocenters. The van der Waals surface area contributed by atoms with Crippen LogP contribution >= 0.6 is 0 Å². The van der Waals surface area contributed by atoms with Gasteiger partial charge in [0, 0.05) is 24.5 Å². The first-order valence-electron chi connectivity index (χ1n) is 6.54. The van der Waals surface area contributed by atoms with Crippen molar-refractivity contribution in [3.63, 3.8) is 0 Å². The quantitative estimate of drug-likeness (QED) is 0.854. The standard InChI is InChI=1S/C13H16N4O3S/c1-2-12(9-14)21(19,20)16-10-3-5-11(6-4-10)17-8-7-15-13(17)18/h3-6,12,16H,2,7-8H2,1H3,(H,15,18). The summed E-state index contributed by atoms with van der Waals surface area (Å²) in [4.78, 5) is 13.1. The SMILES string of the molecule is CCC(C#N)S(=O)(=O)Nc1ccc(N2CCNC2=O)cc1. The Labute approximate surface area is 123 Å². The van der Waals surface area contributed by atoms with E-state index in [1.54, 1.807) is 42.2 Å². The number of anilines is 2. The first-order chi connectivity index (χ1) is 9.97. The zero-order chi connectivity index (χ0) is 15.5. The second-order valence-electron chi connectivity index (χ2n) is 4.60. The molecule has 2 N–H and O–H groups in total. The highest BCUT2D eigenvalue weighted by Crippen LogP contribution is 2.21. The predicted molar refractivity (Wildman–Crippen MR) is 79.4 cm³/mol. The Hall–Kier alpha value is -2.27. The fourth-order valence-corrected chi connectivity index (χ4v) is 3.23. The number of carbonyl (C=O) groups is 1. The van der Waals surface area contributed by atoms with Crippen molar-refractivity contribution in [2.24, 2.45) is 0 Å². The van der Waals surface area contributed by atoms with Gasteiger partial charge in [-0.25, -0.2) is 13.2 Å². The number of rotatable bonds is 5. The van der Waals surface area contributed by atoms with Gasteiger partial charge in [0.25, 0.3) is 0 Å². The summed E-state index contributed by atoms with van der Waals surface area (Å²) in [5.41, 5.74) is 1.06. The minimum Gasteiger partial charge on any atom is -0.336 e. The molecule has 7 nitrogen and oxygen atoms in total. The number of nitriles is 1. The van der Waals surface area contributed by atoms with Crippen LogP contribution in [0.2, 0.25) is 0 Å². The first kappa shape index (κ1) is 15.1. The smallest absolute Gasteiger partial charge is 0.321 e. The summed E-state index contributed by atoms with van der Waals surface area (Å²) in [6.07, 6.45) is 0.220. The molecule has 0 aromatic heterocycles. The summed E-state index contributed by atoms with van der Waals surface area (Å²) in [6, 6.07) is 8.06. The number of sulfonamides is 1. The maximum Gasteiger partial charge on any atom is 0.321 e. The highest BCUT2D eigenvalue weighted by atomic mass is 32.2. The third-order valence-corrected chi connectivity index (χ3v) is 4.89. The van der Waals surface area contributed by atoms with Crippen LogP contribution in [-0.2, 0) is 10.0 Å². The Morgan fingerprint density at radius 3 is 2.57 bits per heavy atom. The van der Waals surface area contributed by atoms with E-state index in [1.807, 2.05) is 0 Å². The third-order valence-electron chi connectivity index (χ3n) is 3.19. The molecular weight excluding hydrogens is 292 g/mol. The molecule has 2 rings (SSSR count). The number of benzene rings is 1. The van der Waals surface area contributed by atoms with E-state index in [4.69, 9.17) is 5.26 Å². The Bertz CT molecular complexity index is 664. The summed E-state index contributed by atoms with van der Waals surface area (Å²) in [6.45, 7) is 2.81. The molecule has 1 aliphatic heterocycles. The highest BCUT2D eigenvalue weighted by molar-refractivity contribution is 7.93. The van der Waals surface area contributed by atoms with Crippen molar-refractivity contribution < 1.29 is 13.2 Å². The molecule has 0 saturated carbocycles. The van der Waals surface area contributed by atoms with Crippen molar-refractivity contribution in [3.05, 3.63) is 24.3 Å².